The lowest BCUT2D eigenvalue weighted by Crippen LogP contribution is -2.18. The Kier molecular flexibility index (Phi) is 27.6. The average molecular weight is 1160 g/mol. The number of hydrogen-bond donors (Lipinski definition) is 3. The number of nitrogens with zero attached hydrogens (tertiary/aromatic N) is 3. The van der Waals surface area contributed by atoms with E-state index in [9.17, 15) is 28.8 Å². The van der Waals surface area contributed by atoms with Crippen molar-refractivity contribution >= 4 is 103 Å². The number of halogens is 3. The fourth-order valence-corrected chi connectivity index (χ4v) is 11.3. The zero-order chi connectivity index (χ0) is 59.4. The highest BCUT2D eigenvalue weighted by molar-refractivity contribution is 6.32. The first-order valence-corrected chi connectivity index (χ1v) is 30.0. The van der Waals surface area contributed by atoms with Gasteiger partial charge in [-0.15, -0.1) is 0 Å². The highest BCUT2D eigenvalue weighted by Crippen LogP contribution is 2.34. The van der Waals surface area contributed by atoms with Crippen LogP contribution in [0.25, 0.3) is 32.7 Å². The maximum Gasteiger partial charge on any atom is 0.303 e. The molecule has 0 bridgehead atoms. The molecule has 12 nitrogen and oxygen atoms in total. The van der Waals surface area contributed by atoms with Crippen LogP contribution in [0.1, 0.15) is 207 Å². The van der Waals surface area contributed by atoms with Crippen molar-refractivity contribution in [3.63, 3.8) is 0 Å². The van der Waals surface area contributed by atoms with E-state index >= 15 is 0 Å². The number of hydrogen-bond acceptors (Lipinski definition) is 6. The number of benzene rings is 3. The third-order valence-corrected chi connectivity index (χ3v) is 15.5. The number of aryl methyl sites for hydroxylation is 3. The highest BCUT2D eigenvalue weighted by atomic mass is 35.5. The molecule has 6 aromatic rings. The number of carbonyl (C=O) groups is 6. The van der Waals surface area contributed by atoms with Gasteiger partial charge in [-0.3, -0.25) is 33.3 Å². The van der Waals surface area contributed by atoms with Gasteiger partial charge in [-0.1, -0.05) is 142 Å². The quantitative estimate of drug-likeness (QED) is 0.0292. The second kappa shape index (κ2) is 32.9. The number of aromatic nitrogens is 3. The molecule has 15 heteroatoms. The molecule has 3 heterocycles. The van der Waals surface area contributed by atoms with Crippen LogP contribution in [-0.4, -0.2) is 64.4 Å². The molecule has 0 radical (unpaired) electrons. The highest BCUT2D eigenvalue weighted by Gasteiger charge is 2.26. The standard InChI is InChI=1S/2C22H30ClNO3.C21H28ClNO3/c1-14(2)7-5-6-8-19-22(20(25)11-15(3)12-21(26)27)17-13-16(23)9-10-18(17)24(19)4;1-4-5-6-7-8-9-19-22(20(25)12-15(2)13-21(26)27)17-14-16(23)10-11-18(17)24(19)3;1-14(2)6-4-5-7-18-13-16-12-17(22)8-9-19(16)23(18)20(24)10-15(3)11-21(25)26/h9-10,13-15H,5-8,11-12H2,1-4H3,(H,26,27);10-11,14-15H,4-9,12-13H2,1-3H3,(H,26,27);8-9,12-15H,4-7,10-11H2,1-3H3,(H,25,26). The van der Waals surface area contributed by atoms with Gasteiger partial charge in [0, 0.05) is 123 Å². The summed E-state index contributed by atoms with van der Waals surface area (Å²) < 4.78 is 5.95. The molecule has 0 spiro atoms. The van der Waals surface area contributed by atoms with Crippen LogP contribution in [0.5, 0.6) is 0 Å². The monoisotopic (exact) mass is 1160 g/mol. The summed E-state index contributed by atoms with van der Waals surface area (Å²) in [5, 5.41) is 31.5. The molecule has 438 valence electrons. The first kappa shape index (κ1) is 67.1. The van der Waals surface area contributed by atoms with Crippen LogP contribution in [0.15, 0.2) is 60.7 Å². The van der Waals surface area contributed by atoms with Crippen LogP contribution >= 0.6 is 34.8 Å². The van der Waals surface area contributed by atoms with E-state index in [1.807, 2.05) is 82.5 Å². The van der Waals surface area contributed by atoms with E-state index in [2.05, 4.69) is 43.8 Å². The summed E-state index contributed by atoms with van der Waals surface area (Å²) in [6, 6.07) is 18.9. The van der Waals surface area contributed by atoms with Crippen LogP contribution < -0.4 is 0 Å². The van der Waals surface area contributed by atoms with Crippen molar-refractivity contribution in [1.29, 1.82) is 0 Å². The van der Waals surface area contributed by atoms with Crippen molar-refractivity contribution in [3.8, 4) is 0 Å². The number of carboxylic acids is 3. The summed E-state index contributed by atoms with van der Waals surface area (Å²) in [6.07, 6.45) is 15.7. The summed E-state index contributed by atoms with van der Waals surface area (Å²) >= 11 is 18.5. The number of rotatable bonds is 30. The number of unbranched alkanes of at least 4 members (excludes halogenated alkanes) is 6. The zero-order valence-corrected chi connectivity index (χ0v) is 51.3. The Balaban J connectivity index is 0.000000258. The van der Waals surface area contributed by atoms with E-state index < -0.39 is 17.9 Å². The summed E-state index contributed by atoms with van der Waals surface area (Å²) in [5.41, 5.74) is 7.34. The van der Waals surface area contributed by atoms with E-state index in [0.29, 0.717) is 26.9 Å². The summed E-state index contributed by atoms with van der Waals surface area (Å²) in [7, 11) is 3.99. The van der Waals surface area contributed by atoms with Crippen molar-refractivity contribution < 1.29 is 44.1 Å². The molecule has 3 N–H and O–H groups in total. The number of carboxylic acid groups (broad SMARTS) is 3. The molecule has 0 aliphatic heterocycles. The van der Waals surface area contributed by atoms with Crippen molar-refractivity contribution in [3.05, 3.63) is 104 Å². The summed E-state index contributed by atoms with van der Waals surface area (Å²) in [6.45, 7) is 16.5. The Morgan fingerprint density at radius 2 is 0.850 bits per heavy atom. The van der Waals surface area contributed by atoms with Crippen LogP contribution in [0.2, 0.25) is 15.1 Å². The topological polar surface area (TPSA) is 178 Å². The van der Waals surface area contributed by atoms with E-state index in [1.165, 1.54) is 32.1 Å². The molecule has 0 saturated carbocycles. The summed E-state index contributed by atoms with van der Waals surface area (Å²) in [5.74, 6) is -1.86. The molecule has 0 saturated heterocycles. The van der Waals surface area contributed by atoms with Crippen molar-refractivity contribution in [2.45, 2.75) is 184 Å². The minimum Gasteiger partial charge on any atom is -0.481 e. The Morgan fingerprint density at radius 1 is 0.463 bits per heavy atom. The Labute approximate surface area is 489 Å². The Morgan fingerprint density at radius 3 is 1.27 bits per heavy atom. The smallest absolute Gasteiger partial charge is 0.303 e. The Bertz CT molecular complexity index is 3050. The predicted octanol–water partition coefficient (Wildman–Crippen LogP) is 17.7. The number of ketones is 2. The fourth-order valence-electron chi connectivity index (χ4n) is 10.8. The molecule has 0 fully saturated rings. The van der Waals surface area contributed by atoms with Gasteiger partial charge in [0.25, 0.3) is 0 Å². The number of Topliss-reactive ketones (excluding diaryl/α,β-unsaturated/α-hetero) is 2. The van der Waals surface area contributed by atoms with Crippen LogP contribution in [0, 0.1) is 29.6 Å². The van der Waals surface area contributed by atoms with E-state index in [-0.39, 0.29) is 73.8 Å². The van der Waals surface area contributed by atoms with Gasteiger partial charge in [-0.05, 0) is 129 Å². The van der Waals surface area contributed by atoms with Crippen LogP contribution in [-0.2, 0) is 47.7 Å². The number of carbonyl (C=O) groups excluding carboxylic acids is 3. The SMILES string of the molecule is CC(C)CCCCc1c(C(=O)CC(C)CC(=O)O)c2cc(Cl)ccc2n1C.CC(C)CCCCc1cc2cc(Cl)ccc2n1C(=O)CC(C)CC(=O)O.CCCCCCCc1c(C(=O)CC(C)CC(=O)O)c2cc(Cl)ccc2n1C. The van der Waals surface area contributed by atoms with Gasteiger partial charge < -0.3 is 24.5 Å². The van der Waals surface area contributed by atoms with Crippen LogP contribution in [0.3, 0.4) is 0 Å². The lowest BCUT2D eigenvalue weighted by atomic mass is 9.94. The molecule has 0 amide bonds. The van der Waals surface area contributed by atoms with Crippen LogP contribution in [0.4, 0.5) is 0 Å². The van der Waals surface area contributed by atoms with Gasteiger partial charge in [0.1, 0.15) is 0 Å². The van der Waals surface area contributed by atoms with Crippen molar-refractivity contribution in [2.75, 3.05) is 0 Å². The molecule has 6 rings (SSSR count). The molecular formula is C65H88Cl3N3O9. The molecule has 3 aromatic heterocycles. The maximum atomic E-state index is 13.1. The molecular weight excluding hydrogens is 1070 g/mol. The third-order valence-electron chi connectivity index (χ3n) is 14.8. The molecule has 80 heavy (non-hydrogen) atoms. The lowest BCUT2D eigenvalue weighted by Gasteiger charge is -2.13. The average Bonchev–Trinajstić information content (AvgIpc) is 4.00. The first-order valence-electron chi connectivity index (χ1n) is 28.9. The first-order chi connectivity index (χ1) is 37.8. The third kappa shape index (κ3) is 20.5. The fraction of sp³-hybridized carbons (Fsp3) is 0.538. The second-order valence-corrected chi connectivity index (χ2v) is 24.5. The number of aliphatic carboxylic acids is 3. The molecule has 3 unspecified atom stereocenters. The van der Waals surface area contributed by atoms with E-state index in [0.717, 1.165) is 119 Å². The van der Waals surface area contributed by atoms with E-state index in [4.69, 9.17) is 50.1 Å². The predicted molar refractivity (Wildman–Crippen MR) is 327 cm³/mol. The van der Waals surface area contributed by atoms with Gasteiger partial charge >= 0.3 is 17.9 Å². The molecule has 0 aliphatic carbocycles. The molecule has 0 aliphatic rings. The lowest BCUT2D eigenvalue weighted by molar-refractivity contribution is -0.139. The Hall–Kier alpha value is -5.43. The van der Waals surface area contributed by atoms with Crippen molar-refractivity contribution in [1.82, 2.24) is 13.7 Å². The largest absolute Gasteiger partial charge is 0.481 e. The number of fused-ring (bicyclic) bond motifs is 3. The second-order valence-electron chi connectivity index (χ2n) is 23.2. The van der Waals surface area contributed by atoms with Gasteiger partial charge in [-0.2, -0.15) is 0 Å². The maximum absolute atomic E-state index is 13.1. The normalized spacial score (nSPS) is 12.6. The zero-order valence-electron chi connectivity index (χ0n) is 49.1. The minimum atomic E-state index is -0.872. The minimum absolute atomic E-state index is 0.000487. The van der Waals surface area contributed by atoms with Gasteiger partial charge in [-0.25, -0.2) is 0 Å². The molecule has 3 atom stereocenters. The van der Waals surface area contributed by atoms with Crippen molar-refractivity contribution in [2.24, 2.45) is 43.7 Å². The molecule has 3 aromatic carbocycles. The van der Waals surface area contributed by atoms with E-state index in [1.54, 1.807) is 17.6 Å². The van der Waals surface area contributed by atoms with Gasteiger partial charge in [0.15, 0.2) is 11.6 Å². The van der Waals surface area contributed by atoms with Gasteiger partial charge in [0.05, 0.1) is 5.52 Å². The van der Waals surface area contributed by atoms with Gasteiger partial charge in [0.2, 0.25) is 5.91 Å². The summed E-state index contributed by atoms with van der Waals surface area (Å²) in [4.78, 5) is 71.9.